The number of alkyl halides is 3. The maximum Gasteiger partial charge on any atom is 0.416 e. The van der Waals surface area contributed by atoms with Crippen molar-refractivity contribution in [2.45, 2.75) is 6.18 Å². The second-order valence-corrected chi connectivity index (χ2v) is 8.94. The van der Waals surface area contributed by atoms with Gasteiger partial charge in [-0.3, -0.25) is 10.1 Å². The molecule has 0 bridgehead atoms. The first-order valence-corrected chi connectivity index (χ1v) is 12.6. The molecule has 2 fully saturated rings. The Hall–Kier alpha value is -4.57. The Morgan fingerprint density at radius 1 is 0.927 bits per heavy atom. The number of morpholine rings is 2. The van der Waals surface area contributed by atoms with Gasteiger partial charge in [0.05, 0.1) is 43.1 Å². The number of nitrogens with one attached hydrogen (secondary N) is 1. The Bertz CT molecular complexity index is 1360. The lowest BCUT2D eigenvalue weighted by atomic mass is 10.2. The second kappa shape index (κ2) is 12.3. The molecule has 2 aliphatic heterocycles. The highest BCUT2D eigenvalue weighted by Gasteiger charge is 2.33. The number of hydrogen-bond donors (Lipinski definition) is 1. The zero-order chi connectivity index (χ0) is 28.8. The fourth-order valence-corrected chi connectivity index (χ4v) is 4.05. The molecule has 3 aromatic rings. The summed E-state index contributed by atoms with van der Waals surface area (Å²) in [6.45, 7) is 4.91. The van der Waals surface area contributed by atoms with Crippen LogP contribution in [0.15, 0.2) is 47.6 Å². The third-order valence-corrected chi connectivity index (χ3v) is 6.17. The van der Waals surface area contributed by atoms with E-state index >= 15 is 0 Å². The molecule has 2 saturated heterocycles. The molecule has 1 N–H and O–H groups in total. The molecule has 0 spiro atoms. The van der Waals surface area contributed by atoms with Gasteiger partial charge in [-0.1, -0.05) is 0 Å². The molecule has 3 heterocycles. The summed E-state index contributed by atoms with van der Waals surface area (Å²) in [6, 6.07) is 8.37. The normalized spacial score (nSPS) is 16.2. The quantitative estimate of drug-likeness (QED) is 0.239. The van der Waals surface area contributed by atoms with E-state index in [4.69, 9.17) is 14.2 Å². The molecule has 0 unspecified atom stereocenters. The summed E-state index contributed by atoms with van der Waals surface area (Å²) < 4.78 is 55.2. The van der Waals surface area contributed by atoms with E-state index in [2.05, 4.69) is 25.5 Å². The number of ether oxygens (including phenoxy) is 3. The predicted octanol–water partition coefficient (Wildman–Crippen LogP) is 3.71. The smallest absolute Gasteiger partial charge is 0.416 e. The molecule has 41 heavy (non-hydrogen) atoms. The first-order valence-electron chi connectivity index (χ1n) is 12.6. The average molecular weight is 575 g/mol. The summed E-state index contributed by atoms with van der Waals surface area (Å²) in [5.41, 5.74) is 1.55. The first-order chi connectivity index (χ1) is 19.8. The minimum absolute atomic E-state index is 0.195. The number of rotatable bonds is 8. The van der Waals surface area contributed by atoms with E-state index in [1.165, 1.54) is 18.3 Å². The molecule has 0 atom stereocenters. The highest BCUT2D eigenvalue weighted by molar-refractivity contribution is 5.80. The summed E-state index contributed by atoms with van der Waals surface area (Å²) in [6.07, 6.45) is -3.20. The van der Waals surface area contributed by atoms with Gasteiger partial charge in [-0.25, -0.2) is 5.43 Å². The van der Waals surface area contributed by atoms with E-state index in [0.29, 0.717) is 76.1 Å². The van der Waals surface area contributed by atoms with Crippen molar-refractivity contribution >= 4 is 29.7 Å². The van der Waals surface area contributed by atoms with Crippen molar-refractivity contribution in [2.75, 3.05) is 67.8 Å². The van der Waals surface area contributed by atoms with Crippen LogP contribution in [-0.2, 0) is 15.7 Å². The van der Waals surface area contributed by atoms with Crippen LogP contribution in [0.1, 0.15) is 11.1 Å². The molecule has 0 amide bonds. The van der Waals surface area contributed by atoms with Crippen LogP contribution < -0.4 is 20.0 Å². The number of nitrogens with zero attached hydrogens (tertiary/aromatic N) is 7. The molecule has 0 saturated carbocycles. The highest BCUT2D eigenvalue weighted by Crippen LogP contribution is 2.37. The standard InChI is InChI=1S/C25H25F3N8O5/c26-25(27,28)18-3-6-21(20(15-18)36(37)38)41-19-4-1-17(2-5-19)16-29-33-22-30-23(34-7-11-39-12-8-34)32-24(31-22)35-9-13-40-14-10-35/h1-6,15-16H,7-14H2,(H,30,31,32,33)/b29-16+. The van der Waals surface area contributed by atoms with Crippen molar-refractivity contribution < 1.29 is 32.3 Å². The van der Waals surface area contributed by atoms with E-state index in [9.17, 15) is 23.3 Å². The Labute approximate surface area is 231 Å². The lowest BCUT2D eigenvalue weighted by Gasteiger charge is -2.30. The predicted molar refractivity (Wildman–Crippen MR) is 142 cm³/mol. The minimum atomic E-state index is -4.71. The van der Waals surface area contributed by atoms with E-state index in [1.54, 1.807) is 12.1 Å². The second-order valence-electron chi connectivity index (χ2n) is 8.94. The van der Waals surface area contributed by atoms with Gasteiger partial charge >= 0.3 is 11.9 Å². The number of nitro benzene ring substituents is 1. The fraction of sp³-hybridized carbons (Fsp3) is 0.360. The maximum atomic E-state index is 12.9. The summed E-state index contributed by atoms with van der Waals surface area (Å²) >= 11 is 0. The van der Waals surface area contributed by atoms with E-state index in [-0.39, 0.29) is 17.4 Å². The first kappa shape index (κ1) is 28.0. The van der Waals surface area contributed by atoms with Gasteiger partial charge in [-0.05, 0) is 42.0 Å². The van der Waals surface area contributed by atoms with Crippen molar-refractivity contribution in [2.24, 2.45) is 5.10 Å². The van der Waals surface area contributed by atoms with Crippen molar-refractivity contribution in [3.05, 3.63) is 63.7 Å². The van der Waals surface area contributed by atoms with Crippen LogP contribution in [0.2, 0.25) is 0 Å². The molecule has 0 radical (unpaired) electrons. The average Bonchev–Trinajstić information content (AvgIpc) is 2.98. The molecular weight excluding hydrogens is 549 g/mol. The topological polar surface area (TPSA) is 140 Å². The van der Waals surface area contributed by atoms with Crippen molar-refractivity contribution in [1.82, 2.24) is 15.0 Å². The van der Waals surface area contributed by atoms with Gasteiger partial charge in [0.1, 0.15) is 5.75 Å². The molecule has 2 aliphatic rings. The van der Waals surface area contributed by atoms with E-state index < -0.39 is 22.4 Å². The van der Waals surface area contributed by atoms with Gasteiger partial charge in [-0.2, -0.15) is 33.2 Å². The van der Waals surface area contributed by atoms with Crippen LogP contribution in [0.3, 0.4) is 0 Å². The van der Waals surface area contributed by atoms with Crippen LogP contribution in [-0.4, -0.2) is 78.7 Å². The van der Waals surface area contributed by atoms with Crippen LogP contribution in [0, 0.1) is 10.1 Å². The summed E-state index contributed by atoms with van der Waals surface area (Å²) in [5, 5.41) is 15.5. The molecule has 216 valence electrons. The molecule has 2 aromatic carbocycles. The monoisotopic (exact) mass is 574 g/mol. The molecule has 16 heteroatoms. The Balaban J connectivity index is 1.28. The van der Waals surface area contributed by atoms with Gasteiger partial charge in [0.25, 0.3) is 0 Å². The van der Waals surface area contributed by atoms with Gasteiger partial charge < -0.3 is 24.0 Å². The molecule has 0 aliphatic carbocycles. The Kier molecular flexibility index (Phi) is 8.39. The lowest BCUT2D eigenvalue weighted by molar-refractivity contribution is -0.385. The van der Waals surface area contributed by atoms with Crippen LogP contribution in [0.5, 0.6) is 11.5 Å². The van der Waals surface area contributed by atoms with Gasteiger partial charge in [0.15, 0.2) is 0 Å². The summed E-state index contributed by atoms with van der Waals surface area (Å²) in [5.74, 6) is 1.17. The van der Waals surface area contributed by atoms with E-state index in [0.717, 1.165) is 12.1 Å². The third kappa shape index (κ3) is 7.15. The number of benzene rings is 2. The van der Waals surface area contributed by atoms with Crippen LogP contribution >= 0.6 is 0 Å². The highest BCUT2D eigenvalue weighted by atomic mass is 19.4. The molecular formula is C25H25F3N8O5. The molecule has 1 aromatic heterocycles. The van der Waals surface area contributed by atoms with Gasteiger partial charge in [-0.15, -0.1) is 0 Å². The number of hydrazone groups is 1. The molecule has 5 rings (SSSR count). The number of halogens is 3. The van der Waals surface area contributed by atoms with E-state index in [1.807, 2.05) is 9.80 Å². The van der Waals surface area contributed by atoms with Crippen molar-refractivity contribution in [3.63, 3.8) is 0 Å². The van der Waals surface area contributed by atoms with Crippen molar-refractivity contribution in [3.8, 4) is 11.5 Å². The summed E-state index contributed by atoms with van der Waals surface area (Å²) in [4.78, 5) is 28.1. The SMILES string of the molecule is O=[N+]([O-])c1cc(C(F)(F)F)ccc1Oc1ccc(/C=N/Nc2nc(N3CCOCC3)nc(N3CCOCC3)n2)cc1. The van der Waals surface area contributed by atoms with Crippen molar-refractivity contribution in [1.29, 1.82) is 0 Å². The van der Waals surface area contributed by atoms with Crippen LogP contribution in [0.4, 0.5) is 36.7 Å². The Morgan fingerprint density at radius 3 is 2.05 bits per heavy atom. The fourth-order valence-electron chi connectivity index (χ4n) is 4.05. The van der Waals surface area contributed by atoms with Gasteiger partial charge in [0.2, 0.25) is 23.6 Å². The Morgan fingerprint density at radius 2 is 1.51 bits per heavy atom. The van der Waals surface area contributed by atoms with Crippen LogP contribution in [0.25, 0.3) is 0 Å². The van der Waals surface area contributed by atoms with Gasteiger partial charge in [0, 0.05) is 32.2 Å². The largest absolute Gasteiger partial charge is 0.450 e. The number of anilines is 3. The number of aromatic nitrogens is 3. The number of hydrogen-bond acceptors (Lipinski definition) is 12. The maximum absolute atomic E-state index is 12.9. The zero-order valence-electron chi connectivity index (χ0n) is 21.6. The zero-order valence-corrected chi connectivity index (χ0v) is 21.6. The minimum Gasteiger partial charge on any atom is -0.450 e. The number of nitro groups is 1. The lowest BCUT2D eigenvalue weighted by Crippen LogP contribution is -2.40. The third-order valence-electron chi connectivity index (χ3n) is 6.17. The molecule has 13 nitrogen and oxygen atoms in total. The summed E-state index contributed by atoms with van der Waals surface area (Å²) in [7, 11) is 0.